The Balaban J connectivity index is 2.36. The molecule has 0 aliphatic carbocycles. The van der Waals surface area contributed by atoms with Gasteiger partial charge in [-0.25, -0.2) is 9.48 Å². The maximum absolute atomic E-state index is 11.3. The van der Waals surface area contributed by atoms with Gasteiger partial charge in [-0.05, 0) is 13.3 Å². The van der Waals surface area contributed by atoms with E-state index in [0.29, 0.717) is 12.2 Å². The Morgan fingerprint density at radius 2 is 2.15 bits per heavy atom. The summed E-state index contributed by atoms with van der Waals surface area (Å²) in [5.74, 6) is -1.06. The van der Waals surface area contributed by atoms with Gasteiger partial charge in [0.2, 0.25) is 0 Å². The summed E-state index contributed by atoms with van der Waals surface area (Å²) < 4.78 is 3.42. The van der Waals surface area contributed by atoms with Crippen molar-refractivity contribution < 1.29 is 9.90 Å². The number of carboxylic acids is 1. The van der Waals surface area contributed by atoms with E-state index in [9.17, 15) is 9.90 Å². The molecule has 0 spiro atoms. The van der Waals surface area contributed by atoms with Gasteiger partial charge in [0.15, 0.2) is 5.69 Å². The van der Waals surface area contributed by atoms with Crippen molar-refractivity contribution in [1.82, 2.24) is 24.8 Å². The minimum Gasteiger partial charge on any atom is -0.476 e. The first-order valence-corrected chi connectivity index (χ1v) is 6.87. The van der Waals surface area contributed by atoms with Crippen molar-refractivity contribution in [3.63, 3.8) is 0 Å². The average molecular weight is 277 g/mol. The summed E-state index contributed by atoms with van der Waals surface area (Å²) in [6, 6.07) is 0. The topological polar surface area (TPSA) is 85.8 Å². The van der Waals surface area contributed by atoms with Crippen molar-refractivity contribution in [2.45, 2.75) is 46.2 Å². The molecule has 1 N–H and O–H groups in total. The van der Waals surface area contributed by atoms with Crippen LogP contribution in [0, 0.1) is 0 Å². The van der Waals surface area contributed by atoms with Crippen molar-refractivity contribution in [3.8, 4) is 11.3 Å². The molecule has 0 radical (unpaired) electrons. The van der Waals surface area contributed by atoms with Crippen LogP contribution in [-0.2, 0) is 13.1 Å². The molecule has 0 saturated heterocycles. The second kappa shape index (κ2) is 6.31. The van der Waals surface area contributed by atoms with Crippen LogP contribution in [0.3, 0.4) is 0 Å². The Morgan fingerprint density at radius 3 is 2.75 bits per heavy atom. The van der Waals surface area contributed by atoms with Crippen LogP contribution in [-0.4, -0.2) is 35.9 Å². The summed E-state index contributed by atoms with van der Waals surface area (Å²) >= 11 is 0. The summed E-state index contributed by atoms with van der Waals surface area (Å²) in [6.45, 7) is 5.50. The molecule has 20 heavy (non-hydrogen) atoms. The zero-order valence-electron chi connectivity index (χ0n) is 11.8. The molecule has 108 valence electrons. The van der Waals surface area contributed by atoms with Crippen molar-refractivity contribution in [1.29, 1.82) is 0 Å². The number of carboxylic acid groups (broad SMARTS) is 1. The van der Waals surface area contributed by atoms with E-state index in [1.54, 1.807) is 15.6 Å². The largest absolute Gasteiger partial charge is 0.476 e. The fraction of sp³-hybridized carbons (Fsp3) is 0.538. The van der Waals surface area contributed by atoms with Crippen LogP contribution in [0.5, 0.6) is 0 Å². The highest BCUT2D eigenvalue weighted by Gasteiger charge is 2.21. The van der Waals surface area contributed by atoms with Crippen LogP contribution in [0.2, 0.25) is 0 Å². The molecule has 0 aromatic carbocycles. The molecule has 2 aromatic heterocycles. The number of hydrogen-bond acceptors (Lipinski definition) is 4. The third kappa shape index (κ3) is 2.87. The highest BCUT2D eigenvalue weighted by Crippen LogP contribution is 2.22. The second-order valence-electron chi connectivity index (χ2n) is 4.61. The van der Waals surface area contributed by atoms with Gasteiger partial charge in [-0.2, -0.15) is 5.10 Å². The number of hydrogen-bond donors (Lipinski definition) is 1. The van der Waals surface area contributed by atoms with Crippen molar-refractivity contribution in [3.05, 3.63) is 18.1 Å². The first-order valence-electron chi connectivity index (χ1n) is 6.87. The fourth-order valence-electron chi connectivity index (χ4n) is 2.07. The van der Waals surface area contributed by atoms with Gasteiger partial charge in [0.25, 0.3) is 0 Å². The summed E-state index contributed by atoms with van der Waals surface area (Å²) in [5.41, 5.74) is 1.26. The maximum atomic E-state index is 11.3. The van der Waals surface area contributed by atoms with Gasteiger partial charge in [-0.3, -0.25) is 4.68 Å². The summed E-state index contributed by atoms with van der Waals surface area (Å²) in [5, 5.41) is 21.2. The zero-order valence-corrected chi connectivity index (χ0v) is 11.8. The zero-order chi connectivity index (χ0) is 14.5. The number of unbranched alkanes of at least 4 members (excludes halogenated alkanes) is 2. The van der Waals surface area contributed by atoms with E-state index < -0.39 is 5.97 Å². The number of carbonyl (C=O) groups is 1. The van der Waals surface area contributed by atoms with E-state index in [-0.39, 0.29) is 5.69 Å². The summed E-state index contributed by atoms with van der Waals surface area (Å²) in [7, 11) is 0. The van der Waals surface area contributed by atoms with E-state index in [2.05, 4.69) is 22.3 Å². The smallest absolute Gasteiger partial charge is 0.358 e. The normalized spacial score (nSPS) is 10.9. The van der Waals surface area contributed by atoms with Gasteiger partial charge < -0.3 is 5.11 Å². The third-order valence-corrected chi connectivity index (χ3v) is 3.14. The number of aryl methyl sites for hydroxylation is 2. The molecule has 0 bridgehead atoms. The Hall–Kier alpha value is -2.18. The molecule has 0 aliphatic heterocycles. The molecule has 7 heteroatoms. The molecular formula is C13H19N5O2. The standard InChI is InChI=1S/C13H19N5O2/c1-3-5-6-7-18-12(11(13(19)20)15-16-18)10-8-14-17(4-2)9-10/h8-9H,3-7H2,1-2H3,(H,19,20). The number of nitrogens with zero attached hydrogens (tertiary/aromatic N) is 5. The van der Waals surface area contributed by atoms with E-state index >= 15 is 0 Å². The van der Waals surface area contributed by atoms with Gasteiger partial charge >= 0.3 is 5.97 Å². The lowest BCUT2D eigenvalue weighted by atomic mass is 10.2. The Labute approximate surface area is 117 Å². The fourth-order valence-corrected chi connectivity index (χ4v) is 2.07. The predicted molar refractivity (Wildman–Crippen MR) is 73.4 cm³/mol. The molecular weight excluding hydrogens is 258 g/mol. The predicted octanol–water partition coefficient (Wildman–Crippen LogP) is 2.05. The quantitative estimate of drug-likeness (QED) is 0.783. The SMILES string of the molecule is CCCCCn1nnc(C(=O)O)c1-c1cnn(CC)c1. The summed E-state index contributed by atoms with van der Waals surface area (Å²) in [6.07, 6.45) is 6.61. The maximum Gasteiger partial charge on any atom is 0.358 e. The Kier molecular flexibility index (Phi) is 4.49. The molecule has 0 saturated carbocycles. The van der Waals surface area contributed by atoms with Crippen LogP contribution in [0.4, 0.5) is 0 Å². The molecule has 0 atom stereocenters. The van der Waals surface area contributed by atoms with Gasteiger partial charge in [-0.15, -0.1) is 5.10 Å². The number of rotatable bonds is 7. The summed E-state index contributed by atoms with van der Waals surface area (Å²) in [4.78, 5) is 11.3. The lowest BCUT2D eigenvalue weighted by molar-refractivity contribution is 0.0691. The van der Waals surface area contributed by atoms with Crippen LogP contribution in [0.1, 0.15) is 43.6 Å². The first kappa shape index (κ1) is 14.2. The lowest BCUT2D eigenvalue weighted by Gasteiger charge is -2.04. The third-order valence-electron chi connectivity index (χ3n) is 3.14. The number of aromatic nitrogens is 5. The van der Waals surface area contributed by atoms with E-state index in [1.807, 2.05) is 13.1 Å². The molecule has 2 aromatic rings. The second-order valence-corrected chi connectivity index (χ2v) is 4.61. The van der Waals surface area contributed by atoms with Crippen molar-refractivity contribution in [2.75, 3.05) is 0 Å². The molecule has 7 nitrogen and oxygen atoms in total. The van der Waals surface area contributed by atoms with Gasteiger partial charge in [0.1, 0.15) is 5.69 Å². The van der Waals surface area contributed by atoms with Gasteiger partial charge in [0.05, 0.1) is 6.20 Å². The van der Waals surface area contributed by atoms with E-state index in [0.717, 1.165) is 31.4 Å². The molecule has 0 aliphatic rings. The first-order chi connectivity index (χ1) is 9.67. The number of aromatic carboxylic acids is 1. The van der Waals surface area contributed by atoms with Gasteiger partial charge in [0, 0.05) is 24.8 Å². The lowest BCUT2D eigenvalue weighted by Crippen LogP contribution is -2.05. The Bertz CT molecular complexity index is 587. The van der Waals surface area contributed by atoms with Crippen LogP contribution in [0.15, 0.2) is 12.4 Å². The molecule has 2 rings (SSSR count). The highest BCUT2D eigenvalue weighted by molar-refractivity contribution is 5.92. The highest BCUT2D eigenvalue weighted by atomic mass is 16.4. The van der Waals surface area contributed by atoms with Crippen LogP contribution < -0.4 is 0 Å². The van der Waals surface area contributed by atoms with Crippen LogP contribution in [0.25, 0.3) is 11.3 Å². The van der Waals surface area contributed by atoms with Crippen molar-refractivity contribution >= 4 is 5.97 Å². The monoisotopic (exact) mass is 277 g/mol. The Morgan fingerprint density at radius 1 is 1.35 bits per heavy atom. The van der Waals surface area contributed by atoms with Crippen LogP contribution >= 0.6 is 0 Å². The average Bonchev–Trinajstić information content (AvgIpc) is 3.04. The van der Waals surface area contributed by atoms with E-state index in [1.165, 1.54) is 0 Å². The van der Waals surface area contributed by atoms with Crippen molar-refractivity contribution in [2.24, 2.45) is 0 Å². The molecule has 0 amide bonds. The van der Waals surface area contributed by atoms with Gasteiger partial charge in [-0.1, -0.05) is 25.0 Å². The molecule has 0 fully saturated rings. The van der Waals surface area contributed by atoms with E-state index in [4.69, 9.17) is 0 Å². The molecule has 0 unspecified atom stereocenters. The minimum absolute atomic E-state index is 0.0165. The minimum atomic E-state index is -1.06. The molecule has 2 heterocycles.